The largest absolute Gasteiger partial charge is 0.507 e. The number of amides is 1. The molecule has 2 rings (SSSR count). The van der Waals surface area contributed by atoms with Gasteiger partial charge in [0, 0.05) is 13.1 Å². The Bertz CT molecular complexity index is 454. The van der Waals surface area contributed by atoms with Gasteiger partial charge in [-0.1, -0.05) is 26.8 Å². The van der Waals surface area contributed by atoms with Crippen LogP contribution in [-0.2, 0) is 5.41 Å². The standard InChI is InChI=1S/C15H21NO2/c1-15(2,3)11-6-7-13(17)12(10-11)14(18)16-8-4-5-9-16/h6-7,10,17H,4-5,8-9H2,1-3H3. The van der Waals surface area contributed by atoms with Gasteiger partial charge in [-0.05, 0) is 36.0 Å². The fraction of sp³-hybridized carbons (Fsp3) is 0.533. The summed E-state index contributed by atoms with van der Waals surface area (Å²) in [7, 11) is 0. The summed E-state index contributed by atoms with van der Waals surface area (Å²) < 4.78 is 0. The number of nitrogens with zero attached hydrogens (tertiary/aromatic N) is 1. The predicted molar refractivity (Wildman–Crippen MR) is 71.9 cm³/mol. The second-order valence-corrected chi connectivity index (χ2v) is 5.98. The number of phenolic OH excluding ortho intramolecular Hbond substituents is 1. The van der Waals surface area contributed by atoms with Gasteiger partial charge < -0.3 is 10.0 Å². The number of hydrogen-bond acceptors (Lipinski definition) is 2. The predicted octanol–water partition coefficient (Wildman–Crippen LogP) is 2.93. The van der Waals surface area contributed by atoms with Crippen LogP contribution in [0.3, 0.4) is 0 Å². The Hall–Kier alpha value is -1.51. The van der Waals surface area contributed by atoms with Crippen LogP contribution in [0.4, 0.5) is 0 Å². The van der Waals surface area contributed by atoms with Crippen molar-refractivity contribution in [3.05, 3.63) is 29.3 Å². The molecule has 18 heavy (non-hydrogen) atoms. The van der Waals surface area contributed by atoms with Crippen LogP contribution in [0.25, 0.3) is 0 Å². The van der Waals surface area contributed by atoms with Gasteiger partial charge in [0.05, 0.1) is 5.56 Å². The second-order valence-electron chi connectivity index (χ2n) is 5.98. The maximum Gasteiger partial charge on any atom is 0.257 e. The van der Waals surface area contributed by atoms with E-state index in [-0.39, 0.29) is 17.1 Å². The lowest BCUT2D eigenvalue weighted by Crippen LogP contribution is -2.28. The van der Waals surface area contributed by atoms with Crippen molar-refractivity contribution in [3.63, 3.8) is 0 Å². The molecule has 98 valence electrons. The highest BCUT2D eigenvalue weighted by atomic mass is 16.3. The van der Waals surface area contributed by atoms with Crippen molar-refractivity contribution in [1.29, 1.82) is 0 Å². The Morgan fingerprint density at radius 2 is 1.83 bits per heavy atom. The zero-order valence-corrected chi connectivity index (χ0v) is 11.4. The van der Waals surface area contributed by atoms with E-state index in [0.717, 1.165) is 31.5 Å². The van der Waals surface area contributed by atoms with Gasteiger partial charge in [0.1, 0.15) is 5.75 Å². The SMILES string of the molecule is CC(C)(C)c1ccc(O)c(C(=O)N2CCCC2)c1. The lowest BCUT2D eigenvalue weighted by Gasteiger charge is -2.22. The highest BCUT2D eigenvalue weighted by Gasteiger charge is 2.24. The van der Waals surface area contributed by atoms with E-state index < -0.39 is 0 Å². The molecule has 1 fully saturated rings. The third-order valence-corrected chi connectivity index (χ3v) is 3.49. The third kappa shape index (κ3) is 2.50. The maximum absolute atomic E-state index is 12.3. The topological polar surface area (TPSA) is 40.5 Å². The molecule has 0 spiro atoms. The van der Waals surface area contributed by atoms with Crippen molar-refractivity contribution >= 4 is 5.91 Å². The molecule has 1 aromatic carbocycles. The molecule has 0 saturated carbocycles. The first kappa shape index (κ1) is 12.9. The van der Waals surface area contributed by atoms with Crippen LogP contribution in [-0.4, -0.2) is 29.0 Å². The normalized spacial score (nSPS) is 16.1. The minimum absolute atomic E-state index is 0.0201. The van der Waals surface area contributed by atoms with Crippen molar-refractivity contribution in [3.8, 4) is 5.75 Å². The van der Waals surface area contributed by atoms with Crippen LogP contribution in [0.5, 0.6) is 5.75 Å². The number of rotatable bonds is 1. The van der Waals surface area contributed by atoms with Gasteiger partial charge in [0.15, 0.2) is 0 Å². The minimum atomic E-state index is -0.0453. The first-order valence-electron chi connectivity index (χ1n) is 6.52. The van der Waals surface area contributed by atoms with Gasteiger partial charge in [-0.15, -0.1) is 0 Å². The van der Waals surface area contributed by atoms with Gasteiger partial charge in [0.25, 0.3) is 5.91 Å². The lowest BCUT2D eigenvalue weighted by molar-refractivity contribution is 0.0789. The van der Waals surface area contributed by atoms with Crippen LogP contribution < -0.4 is 0 Å². The molecule has 1 amide bonds. The molecular formula is C15H21NO2. The third-order valence-electron chi connectivity index (χ3n) is 3.49. The van der Waals surface area contributed by atoms with Crippen LogP contribution in [0, 0.1) is 0 Å². The fourth-order valence-electron chi connectivity index (χ4n) is 2.26. The Morgan fingerprint density at radius 3 is 2.39 bits per heavy atom. The Kier molecular flexibility index (Phi) is 3.33. The molecule has 0 radical (unpaired) electrons. The number of carbonyl (C=O) groups is 1. The van der Waals surface area contributed by atoms with Gasteiger partial charge in [0.2, 0.25) is 0 Å². The van der Waals surface area contributed by atoms with Crippen molar-refractivity contribution in [2.24, 2.45) is 0 Å². The number of aromatic hydroxyl groups is 1. The molecular weight excluding hydrogens is 226 g/mol. The molecule has 1 heterocycles. The highest BCUT2D eigenvalue weighted by molar-refractivity contribution is 5.97. The van der Waals surface area contributed by atoms with Gasteiger partial charge in [-0.3, -0.25) is 4.79 Å². The highest BCUT2D eigenvalue weighted by Crippen LogP contribution is 2.28. The summed E-state index contributed by atoms with van der Waals surface area (Å²) in [6, 6.07) is 5.34. The quantitative estimate of drug-likeness (QED) is 0.829. The van der Waals surface area contributed by atoms with E-state index in [1.165, 1.54) is 0 Å². The van der Waals surface area contributed by atoms with Gasteiger partial charge in [-0.2, -0.15) is 0 Å². The maximum atomic E-state index is 12.3. The summed E-state index contributed by atoms with van der Waals surface area (Å²) in [6.07, 6.45) is 2.12. The van der Waals surface area contributed by atoms with Crippen molar-refractivity contribution in [2.45, 2.75) is 39.0 Å². The average Bonchev–Trinajstić information content (AvgIpc) is 2.80. The fourth-order valence-corrected chi connectivity index (χ4v) is 2.26. The minimum Gasteiger partial charge on any atom is -0.507 e. The van der Waals surface area contributed by atoms with Crippen molar-refractivity contribution in [2.75, 3.05) is 13.1 Å². The molecule has 1 N–H and O–H groups in total. The van der Waals surface area contributed by atoms with Crippen LogP contribution in [0.15, 0.2) is 18.2 Å². The Morgan fingerprint density at radius 1 is 1.22 bits per heavy atom. The second kappa shape index (κ2) is 4.63. The summed E-state index contributed by atoms with van der Waals surface area (Å²) in [5, 5.41) is 9.88. The van der Waals surface area contributed by atoms with E-state index in [9.17, 15) is 9.90 Å². The summed E-state index contributed by atoms with van der Waals surface area (Å²) in [5.74, 6) is 0.0380. The molecule has 0 bridgehead atoms. The molecule has 0 aliphatic carbocycles. The lowest BCUT2D eigenvalue weighted by atomic mass is 9.86. The summed E-state index contributed by atoms with van der Waals surface area (Å²) in [6.45, 7) is 7.91. The van der Waals surface area contributed by atoms with E-state index >= 15 is 0 Å². The van der Waals surface area contributed by atoms with Crippen LogP contribution in [0.1, 0.15) is 49.5 Å². The molecule has 0 atom stereocenters. The van der Waals surface area contributed by atoms with Crippen molar-refractivity contribution < 1.29 is 9.90 Å². The molecule has 0 aromatic heterocycles. The van der Waals surface area contributed by atoms with E-state index in [0.29, 0.717) is 5.56 Å². The molecule has 1 saturated heterocycles. The number of carbonyl (C=O) groups excluding carboxylic acids is 1. The van der Waals surface area contributed by atoms with Crippen molar-refractivity contribution in [1.82, 2.24) is 4.90 Å². The van der Waals surface area contributed by atoms with Gasteiger partial charge >= 0.3 is 0 Å². The zero-order valence-electron chi connectivity index (χ0n) is 11.4. The molecule has 3 nitrogen and oxygen atoms in total. The van der Waals surface area contributed by atoms with E-state index in [1.807, 2.05) is 17.0 Å². The monoisotopic (exact) mass is 247 g/mol. The number of hydrogen-bond donors (Lipinski definition) is 1. The van der Waals surface area contributed by atoms with E-state index in [2.05, 4.69) is 20.8 Å². The average molecular weight is 247 g/mol. The Balaban J connectivity index is 2.34. The molecule has 1 aliphatic heterocycles. The number of likely N-dealkylation sites (tertiary alicyclic amines) is 1. The first-order valence-corrected chi connectivity index (χ1v) is 6.52. The van der Waals surface area contributed by atoms with Gasteiger partial charge in [-0.25, -0.2) is 0 Å². The summed E-state index contributed by atoms with van der Waals surface area (Å²) in [4.78, 5) is 14.1. The molecule has 1 aromatic rings. The van der Waals surface area contributed by atoms with Crippen LogP contribution in [0.2, 0.25) is 0 Å². The number of benzene rings is 1. The Labute approximate surface area is 108 Å². The molecule has 3 heteroatoms. The smallest absolute Gasteiger partial charge is 0.257 e. The van der Waals surface area contributed by atoms with E-state index in [4.69, 9.17) is 0 Å². The summed E-state index contributed by atoms with van der Waals surface area (Å²) in [5.41, 5.74) is 1.49. The van der Waals surface area contributed by atoms with E-state index in [1.54, 1.807) is 6.07 Å². The number of phenols is 1. The molecule has 0 unspecified atom stereocenters. The zero-order chi connectivity index (χ0) is 13.3. The summed E-state index contributed by atoms with van der Waals surface area (Å²) >= 11 is 0. The first-order chi connectivity index (χ1) is 8.39. The molecule has 1 aliphatic rings. The van der Waals surface area contributed by atoms with Crippen LogP contribution >= 0.6 is 0 Å².